The zero-order valence-electron chi connectivity index (χ0n) is 23.6. The molecule has 7 N–H and O–H groups in total. The van der Waals surface area contributed by atoms with Crippen molar-refractivity contribution in [3.8, 4) is 40.2 Å². The molecule has 0 aromatic heterocycles. The number of methoxy groups -OCH3 is 1. The average Bonchev–Trinajstić information content (AvgIpc) is 3.00. The number of ketones is 1. The molecule has 14 heteroatoms. The van der Waals surface area contributed by atoms with Gasteiger partial charge in [0.1, 0.15) is 59.9 Å². The number of aliphatic hydroxyl groups excluding tert-OH is 3. The lowest BCUT2D eigenvalue weighted by atomic mass is 9.95. The Kier molecular flexibility index (Phi) is 9.01. The average molecular weight is 627 g/mol. The fraction of sp³-hybridized carbons (Fsp3) is 0.290. The van der Waals surface area contributed by atoms with Crippen LogP contribution in [0, 0.1) is 0 Å². The molecular weight excluding hydrogens is 596 g/mol. The van der Waals surface area contributed by atoms with Crippen LogP contribution in [0.1, 0.15) is 34.0 Å². The number of hydrogen-bond acceptors (Lipinski definition) is 14. The quantitative estimate of drug-likeness (QED) is 0.107. The molecule has 0 saturated carbocycles. The van der Waals surface area contributed by atoms with Crippen molar-refractivity contribution in [2.45, 2.75) is 43.2 Å². The van der Waals surface area contributed by atoms with Gasteiger partial charge in [0.25, 0.3) is 0 Å². The normalized spacial score (nSPS) is 24.5. The smallest absolute Gasteiger partial charge is 0.330 e. The Morgan fingerprint density at radius 2 is 1.69 bits per heavy atom. The maximum Gasteiger partial charge on any atom is 0.330 e. The summed E-state index contributed by atoms with van der Waals surface area (Å²) in [6.07, 6.45) is -6.79. The summed E-state index contributed by atoms with van der Waals surface area (Å²) in [5.41, 5.74) is 0.732. The van der Waals surface area contributed by atoms with Crippen molar-refractivity contribution in [3.63, 3.8) is 0 Å². The third kappa shape index (κ3) is 6.73. The number of rotatable bonds is 8. The number of ether oxygens (including phenoxy) is 5. The molecule has 238 valence electrons. The molecule has 1 fully saturated rings. The summed E-state index contributed by atoms with van der Waals surface area (Å²) in [7, 11) is 1.39. The number of aromatic hydroxyl groups is 4. The molecule has 2 aliphatic rings. The van der Waals surface area contributed by atoms with E-state index in [2.05, 4.69) is 0 Å². The van der Waals surface area contributed by atoms with Gasteiger partial charge in [0.05, 0.1) is 13.5 Å². The first-order valence-corrected chi connectivity index (χ1v) is 13.6. The highest BCUT2D eigenvalue weighted by molar-refractivity contribution is 6.02. The van der Waals surface area contributed by atoms with Crippen LogP contribution >= 0.6 is 0 Å². The van der Waals surface area contributed by atoms with Crippen molar-refractivity contribution in [2.24, 2.45) is 0 Å². The minimum Gasteiger partial charge on any atom is -0.507 e. The van der Waals surface area contributed by atoms with Gasteiger partial charge >= 0.3 is 5.97 Å². The van der Waals surface area contributed by atoms with Crippen LogP contribution in [0.15, 0.2) is 54.6 Å². The number of aliphatic hydroxyl groups is 3. The van der Waals surface area contributed by atoms with E-state index in [-0.39, 0.29) is 40.7 Å². The fourth-order valence-electron chi connectivity index (χ4n) is 4.88. The maximum absolute atomic E-state index is 12.8. The van der Waals surface area contributed by atoms with Crippen LogP contribution in [0.5, 0.6) is 40.2 Å². The molecule has 0 aliphatic carbocycles. The SMILES string of the molecule is COc1ccc(C=CC(=O)OCC2OC(Oc3cc(O)c4c(c3)OC(c3ccc(O)c(O)c3)CC4=O)C(O)C(O)C2O)cc1O. The number of carbonyl (C=O) groups is 2. The lowest BCUT2D eigenvalue weighted by molar-refractivity contribution is -0.278. The second kappa shape index (κ2) is 12.9. The van der Waals surface area contributed by atoms with Crippen molar-refractivity contribution < 1.29 is 69.0 Å². The van der Waals surface area contributed by atoms with Crippen molar-refractivity contribution in [1.29, 1.82) is 0 Å². The number of esters is 1. The summed E-state index contributed by atoms with van der Waals surface area (Å²) >= 11 is 0. The molecule has 5 rings (SSSR count). The van der Waals surface area contributed by atoms with Gasteiger partial charge in [0.2, 0.25) is 6.29 Å². The summed E-state index contributed by atoms with van der Waals surface area (Å²) in [5.74, 6) is -2.65. The second-order valence-corrected chi connectivity index (χ2v) is 10.3. The zero-order valence-corrected chi connectivity index (χ0v) is 23.6. The lowest BCUT2D eigenvalue weighted by Crippen LogP contribution is -2.60. The van der Waals surface area contributed by atoms with Crippen LogP contribution in [-0.2, 0) is 14.3 Å². The van der Waals surface area contributed by atoms with Crippen molar-refractivity contribution in [1.82, 2.24) is 0 Å². The summed E-state index contributed by atoms with van der Waals surface area (Å²) in [4.78, 5) is 25.1. The predicted octanol–water partition coefficient (Wildman–Crippen LogP) is 1.67. The maximum atomic E-state index is 12.8. The monoisotopic (exact) mass is 626 g/mol. The van der Waals surface area contributed by atoms with Crippen LogP contribution in [0.2, 0.25) is 0 Å². The standard InChI is InChI=1S/C31H30O14/c1-41-22-6-2-14(8-19(22)34)3-7-26(37)42-13-25-28(38)29(39)30(40)31(45-25)43-16-10-20(35)27-21(36)12-23(44-24(27)11-16)15-4-5-17(32)18(33)9-15/h2-11,23,25,28-35,38-40H,12-13H2,1H3. The van der Waals surface area contributed by atoms with Gasteiger partial charge in [-0.1, -0.05) is 12.1 Å². The molecule has 45 heavy (non-hydrogen) atoms. The number of hydrogen-bond donors (Lipinski definition) is 7. The molecule has 0 radical (unpaired) electrons. The molecule has 2 heterocycles. The van der Waals surface area contributed by atoms with E-state index in [0.29, 0.717) is 11.1 Å². The van der Waals surface area contributed by atoms with E-state index in [4.69, 9.17) is 23.7 Å². The summed E-state index contributed by atoms with van der Waals surface area (Å²) < 4.78 is 27.2. The van der Waals surface area contributed by atoms with Crippen molar-refractivity contribution in [2.75, 3.05) is 13.7 Å². The number of fused-ring (bicyclic) bond motifs is 1. The Bertz CT molecular complexity index is 1620. The van der Waals surface area contributed by atoms with Crippen LogP contribution in [0.4, 0.5) is 0 Å². The summed E-state index contributed by atoms with van der Waals surface area (Å²) in [6.45, 7) is -0.546. The van der Waals surface area contributed by atoms with Crippen LogP contribution in [-0.4, -0.2) is 91.9 Å². The molecule has 6 atom stereocenters. The van der Waals surface area contributed by atoms with Crippen molar-refractivity contribution in [3.05, 3.63) is 71.3 Å². The Balaban J connectivity index is 1.26. The van der Waals surface area contributed by atoms with Gasteiger partial charge in [0.15, 0.2) is 28.8 Å². The molecular formula is C31H30O14. The largest absolute Gasteiger partial charge is 0.507 e. The Hall–Kier alpha value is -5.02. The third-order valence-corrected chi connectivity index (χ3v) is 7.27. The second-order valence-electron chi connectivity index (χ2n) is 10.3. The van der Waals surface area contributed by atoms with Gasteiger partial charge in [-0.2, -0.15) is 0 Å². The molecule has 1 saturated heterocycles. The van der Waals surface area contributed by atoms with E-state index in [1.165, 1.54) is 49.6 Å². The van der Waals surface area contributed by atoms with Gasteiger partial charge in [-0.25, -0.2) is 4.79 Å². The number of carbonyl (C=O) groups excluding carboxylic acids is 2. The van der Waals surface area contributed by atoms with Crippen LogP contribution in [0.3, 0.4) is 0 Å². The highest BCUT2D eigenvalue weighted by Crippen LogP contribution is 2.43. The van der Waals surface area contributed by atoms with E-state index in [1.807, 2.05) is 0 Å². The molecule has 14 nitrogen and oxygen atoms in total. The number of phenolic OH excluding ortho intramolecular Hbond substituents is 4. The van der Waals surface area contributed by atoms with E-state index in [1.54, 1.807) is 6.07 Å². The number of phenols is 4. The van der Waals surface area contributed by atoms with E-state index in [9.17, 15) is 45.3 Å². The minimum absolute atomic E-state index is 0.0767. The molecule has 3 aromatic rings. The molecule has 2 aliphatic heterocycles. The topological polar surface area (TPSA) is 222 Å². The number of benzene rings is 3. The Labute approximate surface area is 255 Å². The highest BCUT2D eigenvalue weighted by atomic mass is 16.7. The van der Waals surface area contributed by atoms with Crippen molar-refractivity contribution >= 4 is 17.8 Å². The third-order valence-electron chi connectivity index (χ3n) is 7.27. The first kappa shape index (κ1) is 31.4. The van der Waals surface area contributed by atoms with E-state index < -0.39 is 66.7 Å². The lowest BCUT2D eigenvalue weighted by Gasteiger charge is -2.40. The first-order chi connectivity index (χ1) is 21.4. The number of Topliss-reactive ketones (excluding diaryl/α,β-unsaturated/α-hetero) is 1. The van der Waals surface area contributed by atoms with Gasteiger partial charge in [-0.15, -0.1) is 0 Å². The minimum atomic E-state index is -1.78. The highest BCUT2D eigenvalue weighted by Gasteiger charge is 2.45. The Morgan fingerprint density at radius 1 is 0.911 bits per heavy atom. The fourth-order valence-corrected chi connectivity index (χ4v) is 4.88. The van der Waals surface area contributed by atoms with Crippen LogP contribution in [0.25, 0.3) is 6.08 Å². The molecule has 0 spiro atoms. The van der Waals surface area contributed by atoms with Gasteiger partial charge in [-0.05, 0) is 41.5 Å². The molecule has 0 amide bonds. The van der Waals surface area contributed by atoms with E-state index in [0.717, 1.165) is 12.1 Å². The zero-order chi connectivity index (χ0) is 32.4. The summed E-state index contributed by atoms with van der Waals surface area (Å²) in [5, 5.41) is 71.3. The molecule has 0 bridgehead atoms. The van der Waals surface area contributed by atoms with Gasteiger partial charge < -0.3 is 59.4 Å². The predicted molar refractivity (Wildman–Crippen MR) is 152 cm³/mol. The molecule has 6 unspecified atom stereocenters. The van der Waals surface area contributed by atoms with Gasteiger partial charge in [0, 0.05) is 18.2 Å². The first-order valence-electron chi connectivity index (χ1n) is 13.6. The summed E-state index contributed by atoms with van der Waals surface area (Å²) in [6, 6.07) is 10.7. The van der Waals surface area contributed by atoms with Crippen LogP contribution < -0.4 is 14.2 Å². The Morgan fingerprint density at radius 3 is 2.40 bits per heavy atom. The van der Waals surface area contributed by atoms with Gasteiger partial charge in [-0.3, -0.25) is 4.79 Å². The van der Waals surface area contributed by atoms with E-state index >= 15 is 0 Å². The molecule has 3 aromatic carbocycles.